The Morgan fingerprint density at radius 1 is 1.31 bits per heavy atom. The number of carbonyl (C=O) groups excluding carboxylic acids is 1. The Morgan fingerprint density at radius 2 is 1.92 bits per heavy atom. The van der Waals surface area contributed by atoms with Crippen LogP contribution in [0.25, 0.3) is 0 Å². The van der Waals surface area contributed by atoms with Gasteiger partial charge in [-0.2, -0.15) is 0 Å². The maximum Gasteiger partial charge on any atom is 0.152 e. The number of hydrogen-bond acceptors (Lipinski definition) is 1. The minimum absolute atomic E-state index is 0.144. The summed E-state index contributed by atoms with van der Waals surface area (Å²) in [6.07, 6.45) is 8.11. The van der Waals surface area contributed by atoms with Gasteiger partial charge in [0.2, 0.25) is 0 Å². The van der Waals surface area contributed by atoms with Crippen LogP contribution < -0.4 is 0 Å². The van der Waals surface area contributed by atoms with Crippen molar-refractivity contribution in [1.29, 1.82) is 0 Å². The number of hydrogen-bond donors (Lipinski definition) is 0. The maximum absolute atomic E-state index is 10.7. The molecule has 0 aromatic carbocycles. The van der Waals surface area contributed by atoms with Gasteiger partial charge in [-0.15, -0.1) is 0 Å². The van der Waals surface area contributed by atoms with Gasteiger partial charge in [-0.1, -0.05) is 31.6 Å². The molecule has 0 bridgehead atoms. The summed E-state index contributed by atoms with van der Waals surface area (Å²) in [5.41, 5.74) is 1.17. The van der Waals surface area contributed by atoms with Gasteiger partial charge in [-0.05, 0) is 38.7 Å². The Morgan fingerprint density at radius 3 is 2.38 bits per heavy atom. The molecule has 0 amide bonds. The largest absolute Gasteiger partial charge is 0.295 e. The van der Waals surface area contributed by atoms with Crippen LogP contribution in [0.3, 0.4) is 0 Å². The zero-order valence-electron chi connectivity index (χ0n) is 9.13. The molecule has 0 N–H and O–H groups in total. The Labute approximate surface area is 81.5 Å². The first-order valence-corrected chi connectivity index (χ1v) is 4.86. The first kappa shape index (κ1) is 12.2. The van der Waals surface area contributed by atoms with Crippen molar-refractivity contribution in [2.24, 2.45) is 5.92 Å². The molecule has 0 rings (SSSR count). The highest BCUT2D eigenvalue weighted by Gasteiger charge is 1.91. The zero-order chi connectivity index (χ0) is 10.3. The van der Waals surface area contributed by atoms with E-state index in [9.17, 15) is 4.79 Å². The molecule has 0 aromatic rings. The normalized spacial score (nSPS) is 12.8. The minimum atomic E-state index is 0.144. The van der Waals surface area contributed by atoms with E-state index in [1.807, 2.05) is 6.92 Å². The first-order chi connectivity index (χ1) is 6.02. The summed E-state index contributed by atoms with van der Waals surface area (Å²) in [4.78, 5) is 10.7. The fraction of sp³-hybridized carbons (Fsp3) is 0.583. The Hall–Kier alpha value is -0.850. The molecule has 0 radical (unpaired) electrons. The van der Waals surface area contributed by atoms with Crippen LogP contribution in [-0.2, 0) is 4.79 Å². The lowest BCUT2D eigenvalue weighted by Gasteiger charge is -1.97. The van der Waals surface area contributed by atoms with Crippen molar-refractivity contribution in [3.63, 3.8) is 0 Å². The highest BCUT2D eigenvalue weighted by molar-refractivity contribution is 5.87. The third kappa shape index (κ3) is 9.06. The molecule has 0 heterocycles. The van der Waals surface area contributed by atoms with Gasteiger partial charge in [-0.25, -0.2) is 0 Å². The number of ketones is 1. The van der Waals surface area contributed by atoms with Crippen LogP contribution >= 0.6 is 0 Å². The van der Waals surface area contributed by atoms with Crippen molar-refractivity contribution in [3.8, 4) is 0 Å². The Bertz CT molecular complexity index is 209. The van der Waals surface area contributed by atoms with Gasteiger partial charge in [0, 0.05) is 0 Å². The molecule has 0 unspecified atom stereocenters. The summed E-state index contributed by atoms with van der Waals surface area (Å²) in [6.45, 7) is 7.92. The van der Waals surface area contributed by atoms with E-state index in [0.29, 0.717) is 5.92 Å². The van der Waals surface area contributed by atoms with E-state index in [1.165, 1.54) is 5.57 Å². The summed E-state index contributed by atoms with van der Waals surface area (Å²) in [5, 5.41) is 0. The van der Waals surface area contributed by atoms with Crippen molar-refractivity contribution in [1.82, 2.24) is 0 Å². The molecule has 0 aliphatic carbocycles. The van der Waals surface area contributed by atoms with Crippen LogP contribution in [0.1, 0.15) is 40.5 Å². The summed E-state index contributed by atoms with van der Waals surface area (Å²) in [6, 6.07) is 0. The molecule has 1 nitrogen and oxygen atoms in total. The quantitative estimate of drug-likeness (QED) is 0.467. The van der Waals surface area contributed by atoms with E-state index in [-0.39, 0.29) is 5.78 Å². The molecule has 0 aliphatic rings. The van der Waals surface area contributed by atoms with E-state index in [1.54, 1.807) is 13.0 Å². The summed E-state index contributed by atoms with van der Waals surface area (Å²) >= 11 is 0. The molecule has 0 aliphatic heterocycles. The monoisotopic (exact) mass is 180 g/mol. The molecule has 1 heteroatoms. The van der Waals surface area contributed by atoms with E-state index in [2.05, 4.69) is 26.0 Å². The van der Waals surface area contributed by atoms with Gasteiger partial charge in [-0.3, -0.25) is 4.79 Å². The van der Waals surface area contributed by atoms with Gasteiger partial charge in [0.1, 0.15) is 0 Å². The van der Waals surface area contributed by atoms with Crippen LogP contribution in [0.4, 0.5) is 0 Å². The predicted molar refractivity (Wildman–Crippen MR) is 57.7 cm³/mol. The van der Waals surface area contributed by atoms with Gasteiger partial charge in [0.05, 0.1) is 0 Å². The predicted octanol–water partition coefficient (Wildman–Crippen LogP) is 3.51. The molecule has 13 heavy (non-hydrogen) atoms. The van der Waals surface area contributed by atoms with Crippen molar-refractivity contribution >= 4 is 5.78 Å². The molecular formula is C12H20O. The van der Waals surface area contributed by atoms with Crippen LogP contribution in [0, 0.1) is 5.92 Å². The molecule has 0 atom stereocenters. The fourth-order valence-corrected chi connectivity index (χ4v) is 1.10. The Kier molecular flexibility index (Phi) is 6.21. The van der Waals surface area contributed by atoms with Crippen molar-refractivity contribution in [3.05, 3.63) is 23.8 Å². The topological polar surface area (TPSA) is 17.1 Å². The van der Waals surface area contributed by atoms with Gasteiger partial charge in [0.15, 0.2) is 5.78 Å². The van der Waals surface area contributed by atoms with E-state index < -0.39 is 0 Å². The maximum atomic E-state index is 10.7. The zero-order valence-corrected chi connectivity index (χ0v) is 9.13. The third-order valence-electron chi connectivity index (χ3n) is 1.68. The number of allylic oxidation sites excluding steroid dienone is 4. The standard InChI is InChI=1S/C12H20O/c1-10(2)7-5-6-8-11(3)9-12(4)13/h5,7,9-10H,6,8H2,1-4H3/b7-5+,11-9+. The second-order valence-corrected chi connectivity index (χ2v) is 3.81. The van der Waals surface area contributed by atoms with Gasteiger partial charge in [0.25, 0.3) is 0 Å². The number of carbonyl (C=O) groups is 1. The van der Waals surface area contributed by atoms with Crippen molar-refractivity contribution < 1.29 is 4.79 Å². The third-order valence-corrected chi connectivity index (χ3v) is 1.68. The number of rotatable bonds is 5. The molecular weight excluding hydrogens is 160 g/mol. The highest BCUT2D eigenvalue weighted by atomic mass is 16.1. The average molecular weight is 180 g/mol. The summed E-state index contributed by atoms with van der Waals surface area (Å²) in [7, 11) is 0. The van der Waals surface area contributed by atoms with Crippen molar-refractivity contribution in [2.45, 2.75) is 40.5 Å². The van der Waals surface area contributed by atoms with Crippen LogP contribution in [-0.4, -0.2) is 5.78 Å². The van der Waals surface area contributed by atoms with Crippen LogP contribution in [0.5, 0.6) is 0 Å². The Balaban J connectivity index is 3.71. The molecule has 0 fully saturated rings. The highest BCUT2D eigenvalue weighted by Crippen LogP contribution is 2.05. The van der Waals surface area contributed by atoms with Gasteiger partial charge < -0.3 is 0 Å². The molecule has 0 saturated carbocycles. The first-order valence-electron chi connectivity index (χ1n) is 4.86. The molecule has 74 valence electrons. The lowest BCUT2D eigenvalue weighted by atomic mass is 10.1. The second-order valence-electron chi connectivity index (χ2n) is 3.81. The van der Waals surface area contributed by atoms with Crippen molar-refractivity contribution in [2.75, 3.05) is 0 Å². The second kappa shape index (κ2) is 6.64. The fourth-order valence-electron chi connectivity index (χ4n) is 1.10. The minimum Gasteiger partial charge on any atom is -0.295 e. The summed E-state index contributed by atoms with van der Waals surface area (Å²) in [5.74, 6) is 0.766. The molecule has 0 aromatic heterocycles. The summed E-state index contributed by atoms with van der Waals surface area (Å²) < 4.78 is 0. The average Bonchev–Trinajstić information content (AvgIpc) is 1.96. The van der Waals surface area contributed by atoms with Crippen LogP contribution in [0.15, 0.2) is 23.8 Å². The van der Waals surface area contributed by atoms with E-state index >= 15 is 0 Å². The lowest BCUT2D eigenvalue weighted by Crippen LogP contribution is -1.85. The smallest absolute Gasteiger partial charge is 0.152 e. The molecule has 0 saturated heterocycles. The lowest BCUT2D eigenvalue weighted by molar-refractivity contribution is -0.112. The van der Waals surface area contributed by atoms with Gasteiger partial charge >= 0.3 is 0 Å². The van der Waals surface area contributed by atoms with E-state index in [0.717, 1.165) is 12.8 Å². The van der Waals surface area contributed by atoms with Crippen LogP contribution in [0.2, 0.25) is 0 Å². The molecule has 0 spiro atoms. The SMILES string of the molecule is CC(=O)/C=C(\C)CC/C=C/C(C)C. The van der Waals surface area contributed by atoms with E-state index in [4.69, 9.17) is 0 Å².